The summed E-state index contributed by atoms with van der Waals surface area (Å²) in [7, 11) is 0. The Morgan fingerprint density at radius 1 is 0.123 bits per heavy atom. The van der Waals surface area contributed by atoms with Gasteiger partial charge in [-0.2, -0.15) is 0 Å². The van der Waals surface area contributed by atoms with Gasteiger partial charge in [0.15, 0.2) is 0 Å². The van der Waals surface area contributed by atoms with Gasteiger partial charge in [0.1, 0.15) is 11.2 Å². The van der Waals surface area contributed by atoms with E-state index in [9.17, 15) is 0 Å². The average molecular weight is 1750 g/mol. The lowest BCUT2D eigenvalue weighted by molar-refractivity contribution is 0.669. The highest BCUT2D eigenvalue weighted by atomic mass is 16.3. The van der Waals surface area contributed by atoms with Crippen molar-refractivity contribution in [2.75, 3.05) is 0 Å². The molecule has 0 unspecified atom stereocenters. The largest absolute Gasteiger partial charge is 0.456 e. The summed E-state index contributed by atoms with van der Waals surface area (Å²) in [4.78, 5) is 0. The molecule has 4 aliphatic rings. The smallest absolute Gasteiger partial charge is 0.135 e. The normalized spacial score (nSPS) is 11.8. The number of para-hydroxylation sites is 3. The third-order valence-corrected chi connectivity index (χ3v) is 29.0. The molecule has 138 heavy (non-hydrogen) atoms. The molecule has 0 amide bonds. The van der Waals surface area contributed by atoms with Crippen molar-refractivity contribution in [3.05, 3.63) is 516 Å². The van der Waals surface area contributed by atoms with Crippen molar-refractivity contribution in [1.29, 1.82) is 0 Å². The van der Waals surface area contributed by atoms with Crippen molar-refractivity contribution in [3.8, 4) is 195 Å². The second-order valence-electron chi connectivity index (χ2n) is 36.6. The van der Waals surface area contributed by atoms with Gasteiger partial charge in [0, 0.05) is 27.2 Å². The maximum atomic E-state index is 6.01. The summed E-state index contributed by atoms with van der Waals surface area (Å²) in [5, 5.41) is 15.6. The summed E-state index contributed by atoms with van der Waals surface area (Å²) in [5.41, 5.74) is 49.4. The van der Waals surface area contributed by atoms with E-state index in [1.807, 2.05) is 12.1 Å². The van der Waals surface area contributed by atoms with E-state index in [1.165, 1.54) is 271 Å². The first-order chi connectivity index (χ1) is 68.4. The van der Waals surface area contributed by atoms with Crippen LogP contribution in [0.25, 0.3) is 282 Å². The highest BCUT2D eigenvalue weighted by Gasteiger charge is 2.29. The van der Waals surface area contributed by atoms with Crippen LogP contribution in [0, 0.1) is 0 Å². The van der Waals surface area contributed by atoms with E-state index in [0.717, 1.165) is 11.2 Å². The Morgan fingerprint density at radius 2 is 0.420 bits per heavy atom. The minimum atomic E-state index is 0.938. The molecule has 0 aliphatic heterocycles. The van der Waals surface area contributed by atoms with Gasteiger partial charge in [-0.25, -0.2) is 0 Å². The number of rotatable bonds is 10. The Labute approximate surface area is 800 Å². The molecule has 24 aromatic carbocycles. The lowest BCUT2D eigenvalue weighted by Gasteiger charge is -2.11. The standard InChI is InChI=1S/C40H25N.C40H26.C28H16O.C28H18/c1-2-9-29(10-3-1)41-38-16-7-6-13-33(38)37-25-28(21-24-39(37)41)26-17-19-27(20-18-26)30-22-23-36-32-12-5-4-11-31(32)35-15-8-14-34(30)40(35)36;1-3-10-27(11-4-1)29-14-7-16-31(24-29)32-20-21-35-37-19-9-18-36-34(22-23-38(40(36)37)39(35)26-32)33-17-8-15-30(25-33)28-12-5-2-6-13-28;1-2-8-21-20(7-1)23-10-5-6-18-14-19(16-25(21)28(18)23)17-12-13-27-24(15-17)22-9-3-4-11-26(22)29-27;1-3-8-19(9-4-1)21-14-15-23-25-13-7-12-24-22(20-10-5-2-6-11-20)16-17-26(28(24)25)27(23)18-21/h1-25H;1-26H;1-16H;1-18H. The van der Waals surface area contributed by atoms with Gasteiger partial charge in [-0.3, -0.25) is 0 Å². The summed E-state index contributed by atoms with van der Waals surface area (Å²) in [6.45, 7) is 0. The van der Waals surface area contributed by atoms with Crippen molar-refractivity contribution in [2.24, 2.45) is 0 Å². The van der Waals surface area contributed by atoms with Crippen molar-refractivity contribution < 1.29 is 4.42 Å². The van der Waals surface area contributed by atoms with E-state index in [2.05, 4.69) is 508 Å². The van der Waals surface area contributed by atoms with Crippen LogP contribution in [-0.4, -0.2) is 4.57 Å². The number of hydrogen-bond donors (Lipinski definition) is 0. The predicted molar refractivity (Wildman–Crippen MR) is 584 cm³/mol. The molecule has 2 heterocycles. The van der Waals surface area contributed by atoms with Gasteiger partial charge >= 0.3 is 0 Å². The summed E-state index contributed by atoms with van der Waals surface area (Å²) >= 11 is 0. The highest BCUT2D eigenvalue weighted by Crippen LogP contribution is 2.56. The predicted octanol–water partition coefficient (Wildman–Crippen LogP) is 37.9. The molecule has 2 nitrogen and oxygen atoms in total. The molecular weight excluding hydrogens is 1660 g/mol. The van der Waals surface area contributed by atoms with Gasteiger partial charge in [0.25, 0.3) is 0 Å². The van der Waals surface area contributed by atoms with Gasteiger partial charge in [-0.05, 0) is 317 Å². The molecule has 0 saturated carbocycles. The van der Waals surface area contributed by atoms with E-state index in [4.69, 9.17) is 4.42 Å². The fraction of sp³-hybridized carbons (Fsp3) is 0. The lowest BCUT2D eigenvalue weighted by atomic mass is 9.92. The number of benzene rings is 24. The zero-order valence-corrected chi connectivity index (χ0v) is 75.4. The number of nitrogens with zero attached hydrogens (tertiary/aromatic N) is 1. The summed E-state index contributed by atoms with van der Waals surface area (Å²) in [6, 6.07) is 187. The van der Waals surface area contributed by atoms with Crippen molar-refractivity contribution >= 4 is 86.8 Å². The Morgan fingerprint density at radius 3 is 0.986 bits per heavy atom. The minimum absolute atomic E-state index is 0.938. The Kier molecular flexibility index (Phi) is 19.0. The van der Waals surface area contributed by atoms with Crippen LogP contribution in [-0.2, 0) is 0 Å². The van der Waals surface area contributed by atoms with E-state index in [-0.39, 0.29) is 0 Å². The molecule has 0 atom stereocenters. The summed E-state index contributed by atoms with van der Waals surface area (Å²) in [6.07, 6.45) is 0. The van der Waals surface area contributed by atoms with Crippen molar-refractivity contribution in [3.63, 3.8) is 0 Å². The topological polar surface area (TPSA) is 18.1 Å². The SMILES string of the molecule is c1ccc(-c2ccc3c(c2)-c2ccc(-c4ccccc4)c4cccc-3c24)cc1.c1ccc(-c2cccc(-c3ccc4c(c3)-c3ccc(-c5cccc(-c6ccccc6)c5)c5cccc-4c35)c2)cc1.c1ccc(-n2c3ccccc3c3cc(-c4ccc(-c5ccc6c7c(cccc57)-c5ccccc5-6)cc4)ccc32)cc1.c1ccc2c(c1)-c1cccc3cc(-c4ccc5oc6ccccc6c5c4)cc-2c13. The van der Waals surface area contributed by atoms with E-state index in [0.29, 0.717) is 0 Å². The van der Waals surface area contributed by atoms with Crippen LogP contribution < -0.4 is 0 Å². The maximum absolute atomic E-state index is 6.01. The average Bonchev–Trinajstić information content (AvgIpc) is 1.69. The molecule has 0 bridgehead atoms. The molecule has 2 heteroatoms. The van der Waals surface area contributed by atoms with Gasteiger partial charge < -0.3 is 8.98 Å². The number of aromatic nitrogens is 1. The zero-order chi connectivity index (χ0) is 90.8. The van der Waals surface area contributed by atoms with E-state index < -0.39 is 0 Å². The van der Waals surface area contributed by atoms with Crippen LogP contribution in [0.3, 0.4) is 0 Å². The first-order valence-corrected chi connectivity index (χ1v) is 47.7. The van der Waals surface area contributed by atoms with Crippen LogP contribution in [0.1, 0.15) is 0 Å². The molecular formula is C136H85NO. The monoisotopic (exact) mass is 1750 g/mol. The number of furan rings is 1. The lowest BCUT2D eigenvalue weighted by Crippen LogP contribution is -1.92. The quantitative estimate of drug-likeness (QED) is 0.133. The molecule has 0 radical (unpaired) electrons. The first-order valence-electron chi connectivity index (χ1n) is 47.7. The molecule has 30 rings (SSSR count). The zero-order valence-electron chi connectivity index (χ0n) is 75.4. The minimum Gasteiger partial charge on any atom is -0.456 e. The highest BCUT2D eigenvalue weighted by molar-refractivity contribution is 6.23. The second-order valence-corrected chi connectivity index (χ2v) is 36.6. The van der Waals surface area contributed by atoms with Crippen molar-refractivity contribution in [2.45, 2.75) is 0 Å². The van der Waals surface area contributed by atoms with E-state index >= 15 is 0 Å². The number of fused-ring (bicyclic) bond motifs is 18. The second kappa shape index (κ2) is 33.0. The summed E-state index contributed by atoms with van der Waals surface area (Å²) < 4.78 is 8.38. The molecule has 2 aromatic heterocycles. The van der Waals surface area contributed by atoms with Crippen LogP contribution in [0.4, 0.5) is 0 Å². The van der Waals surface area contributed by atoms with Crippen LogP contribution in [0.15, 0.2) is 520 Å². The van der Waals surface area contributed by atoms with Crippen molar-refractivity contribution in [1.82, 2.24) is 4.57 Å². The Hall–Kier alpha value is -18.1. The molecule has 0 fully saturated rings. The first kappa shape index (κ1) is 79.6. The van der Waals surface area contributed by atoms with Gasteiger partial charge in [-0.15, -0.1) is 0 Å². The van der Waals surface area contributed by atoms with Crippen LogP contribution >= 0.6 is 0 Å². The Balaban J connectivity index is 0.0000000941. The van der Waals surface area contributed by atoms with Crippen LogP contribution in [0.2, 0.25) is 0 Å². The third-order valence-electron chi connectivity index (χ3n) is 29.0. The molecule has 0 saturated heterocycles. The molecule has 640 valence electrons. The fourth-order valence-electron chi connectivity index (χ4n) is 22.6. The maximum Gasteiger partial charge on any atom is 0.135 e. The van der Waals surface area contributed by atoms with Gasteiger partial charge in [0.2, 0.25) is 0 Å². The molecule has 4 aliphatic carbocycles. The number of hydrogen-bond acceptors (Lipinski definition) is 1. The fourth-order valence-corrected chi connectivity index (χ4v) is 22.6. The van der Waals surface area contributed by atoms with Gasteiger partial charge in [-0.1, -0.05) is 431 Å². The molecule has 0 spiro atoms. The molecule has 26 aromatic rings. The Bertz CT molecular complexity index is 9380. The van der Waals surface area contributed by atoms with Gasteiger partial charge in [0.05, 0.1) is 11.0 Å². The molecule has 0 N–H and O–H groups in total. The van der Waals surface area contributed by atoms with Crippen LogP contribution in [0.5, 0.6) is 0 Å². The third kappa shape index (κ3) is 13.4. The van der Waals surface area contributed by atoms with E-state index in [1.54, 1.807) is 0 Å². The summed E-state index contributed by atoms with van der Waals surface area (Å²) in [5.74, 6) is 0.